The van der Waals surface area contributed by atoms with Gasteiger partial charge in [0.15, 0.2) is 6.40 Å². The van der Waals surface area contributed by atoms with Gasteiger partial charge < -0.3 is 9.47 Å². The summed E-state index contributed by atoms with van der Waals surface area (Å²) in [6.07, 6.45) is 0.797. The van der Waals surface area contributed by atoms with Gasteiger partial charge in [0.05, 0.1) is 7.11 Å². The number of halogens is 3. The van der Waals surface area contributed by atoms with Gasteiger partial charge in [-0.2, -0.15) is 8.78 Å². The van der Waals surface area contributed by atoms with Crippen molar-refractivity contribution in [1.29, 1.82) is 0 Å². The van der Waals surface area contributed by atoms with E-state index >= 15 is 0 Å². The molecule has 0 aliphatic carbocycles. The van der Waals surface area contributed by atoms with Crippen LogP contribution >= 0.6 is 11.6 Å². The van der Waals surface area contributed by atoms with Gasteiger partial charge in [-0.3, -0.25) is 0 Å². The van der Waals surface area contributed by atoms with E-state index < -0.39 is 23.0 Å². The van der Waals surface area contributed by atoms with Crippen LogP contribution in [0.1, 0.15) is 5.56 Å². The molecule has 1 aromatic rings. The Labute approximate surface area is 113 Å². The number of benzene rings is 1. The summed E-state index contributed by atoms with van der Waals surface area (Å²) in [4.78, 5) is 15.3. The summed E-state index contributed by atoms with van der Waals surface area (Å²) in [6.45, 7) is 0. The van der Waals surface area contributed by atoms with Gasteiger partial charge in [0.25, 0.3) is 0 Å². The van der Waals surface area contributed by atoms with Gasteiger partial charge in [0.2, 0.25) is 11.6 Å². The van der Waals surface area contributed by atoms with Gasteiger partial charge in [-0.15, -0.1) is 0 Å². The summed E-state index contributed by atoms with van der Waals surface area (Å²) in [5.41, 5.74) is -2.36. The van der Waals surface area contributed by atoms with E-state index in [1.54, 1.807) is 6.07 Å². The molecule has 0 saturated carbocycles. The molecule has 0 spiro atoms. The Morgan fingerprint density at radius 3 is 2.63 bits per heavy atom. The van der Waals surface area contributed by atoms with Crippen LogP contribution in [0.25, 0.3) is 0 Å². The molecule has 4 nitrogen and oxygen atoms in total. The van der Waals surface area contributed by atoms with Crippen molar-refractivity contribution in [2.24, 2.45) is 4.99 Å². The van der Waals surface area contributed by atoms with Crippen molar-refractivity contribution in [2.45, 2.75) is 17.0 Å². The third kappa shape index (κ3) is 2.06. The van der Waals surface area contributed by atoms with Crippen LogP contribution in [-0.2, 0) is 19.9 Å². The predicted molar refractivity (Wildman–Crippen MR) is 64.3 cm³/mol. The molecule has 7 heteroatoms. The molecule has 0 fully saturated rings. The molecule has 1 aromatic carbocycles. The van der Waals surface area contributed by atoms with E-state index in [-0.39, 0.29) is 5.56 Å². The Hall–Kier alpha value is -1.69. The van der Waals surface area contributed by atoms with E-state index in [0.29, 0.717) is 0 Å². The molecular weight excluding hydrogens is 280 g/mol. The van der Waals surface area contributed by atoms with Crippen LogP contribution in [-0.4, -0.2) is 30.9 Å². The normalized spacial score (nSPS) is 26.0. The first-order valence-electron chi connectivity index (χ1n) is 5.33. The maximum Gasteiger partial charge on any atom is 0.367 e. The van der Waals surface area contributed by atoms with Crippen molar-refractivity contribution in [3.8, 4) is 0 Å². The molecule has 102 valence electrons. The van der Waals surface area contributed by atoms with E-state index in [1.165, 1.54) is 24.3 Å². The minimum Gasteiger partial charge on any atom is -0.467 e. The molecule has 2 atom stereocenters. The van der Waals surface area contributed by atoms with E-state index in [1.807, 2.05) is 0 Å². The molecule has 19 heavy (non-hydrogen) atoms. The Balaban J connectivity index is 2.57. The smallest absolute Gasteiger partial charge is 0.367 e. The first kappa shape index (κ1) is 13.7. The van der Waals surface area contributed by atoms with E-state index in [9.17, 15) is 13.6 Å². The molecular formula is C12H10ClF2NO3. The number of esters is 1. The molecule has 0 aromatic heterocycles. The second-order valence-electron chi connectivity index (χ2n) is 3.90. The van der Waals surface area contributed by atoms with Crippen LogP contribution in [0.2, 0.25) is 0 Å². The number of hydrogen-bond donors (Lipinski definition) is 0. The average molecular weight is 290 g/mol. The summed E-state index contributed by atoms with van der Waals surface area (Å²) in [5, 5.41) is -3.84. The van der Waals surface area contributed by atoms with Gasteiger partial charge in [0.1, 0.15) is 0 Å². The summed E-state index contributed by atoms with van der Waals surface area (Å²) < 4.78 is 37.2. The van der Waals surface area contributed by atoms with Gasteiger partial charge in [0, 0.05) is 5.56 Å². The SMILES string of the molecule is COC(=O)[C@H]1N=CO[C@]1(c1ccccc1)C(F)(F)Cl. The second-order valence-corrected chi connectivity index (χ2v) is 4.37. The van der Waals surface area contributed by atoms with Gasteiger partial charge in [-0.1, -0.05) is 30.3 Å². The summed E-state index contributed by atoms with van der Waals surface area (Å²) >= 11 is 5.18. The zero-order chi connectivity index (χ0) is 14.1. The zero-order valence-corrected chi connectivity index (χ0v) is 10.6. The lowest BCUT2D eigenvalue weighted by atomic mass is 9.86. The lowest BCUT2D eigenvalue weighted by Gasteiger charge is -2.35. The average Bonchev–Trinajstić information content (AvgIpc) is 2.84. The van der Waals surface area contributed by atoms with Crippen LogP contribution in [0, 0.1) is 0 Å². The van der Waals surface area contributed by atoms with Crippen LogP contribution in [0.5, 0.6) is 0 Å². The van der Waals surface area contributed by atoms with Crippen molar-refractivity contribution in [2.75, 3.05) is 7.11 Å². The number of hydrogen-bond acceptors (Lipinski definition) is 4. The lowest BCUT2D eigenvalue weighted by molar-refractivity contribution is -0.162. The van der Waals surface area contributed by atoms with Crippen molar-refractivity contribution in [1.82, 2.24) is 0 Å². The van der Waals surface area contributed by atoms with E-state index in [4.69, 9.17) is 16.3 Å². The van der Waals surface area contributed by atoms with Crippen molar-refractivity contribution < 1.29 is 23.0 Å². The Morgan fingerprint density at radius 2 is 2.11 bits per heavy atom. The molecule has 0 saturated heterocycles. The third-order valence-electron chi connectivity index (χ3n) is 2.88. The third-order valence-corrected chi connectivity index (χ3v) is 3.16. The lowest BCUT2D eigenvalue weighted by Crippen LogP contribution is -2.52. The number of carbonyl (C=O) groups excluding carboxylic acids is 1. The van der Waals surface area contributed by atoms with Crippen LogP contribution in [0.15, 0.2) is 35.3 Å². The minimum absolute atomic E-state index is 0.0444. The molecule has 0 amide bonds. The first-order chi connectivity index (χ1) is 8.93. The summed E-state index contributed by atoms with van der Waals surface area (Å²) in [5.74, 6) is -0.946. The monoisotopic (exact) mass is 289 g/mol. The van der Waals surface area contributed by atoms with Crippen LogP contribution < -0.4 is 0 Å². The standard InChI is InChI=1S/C12H10ClF2NO3/c1-18-10(17)9-11(12(13,14)15,19-7-16-9)8-5-3-2-4-6-8/h2-7,9H,1H3/t9-,11+/m1/s1. The molecule has 0 unspecified atom stereocenters. The number of carbonyl (C=O) groups is 1. The maximum atomic E-state index is 13.9. The van der Waals surface area contributed by atoms with Gasteiger partial charge >= 0.3 is 11.4 Å². The highest BCUT2D eigenvalue weighted by Crippen LogP contribution is 2.49. The fourth-order valence-corrected chi connectivity index (χ4v) is 2.24. The highest BCUT2D eigenvalue weighted by molar-refractivity contribution is 6.23. The highest BCUT2D eigenvalue weighted by atomic mass is 35.5. The quantitative estimate of drug-likeness (QED) is 0.634. The van der Waals surface area contributed by atoms with E-state index in [0.717, 1.165) is 13.5 Å². The van der Waals surface area contributed by atoms with Crippen LogP contribution in [0.4, 0.5) is 8.78 Å². The zero-order valence-electron chi connectivity index (χ0n) is 9.85. The number of ether oxygens (including phenoxy) is 2. The molecule has 2 rings (SSSR count). The molecule has 1 heterocycles. The Kier molecular flexibility index (Phi) is 3.45. The van der Waals surface area contributed by atoms with Gasteiger partial charge in [-0.25, -0.2) is 9.79 Å². The minimum atomic E-state index is -3.84. The number of aliphatic imine (C=N–C) groups is 1. The number of nitrogens with zero attached hydrogens (tertiary/aromatic N) is 1. The molecule has 1 aliphatic heterocycles. The Morgan fingerprint density at radius 1 is 1.47 bits per heavy atom. The Bertz CT molecular complexity index is 503. The van der Waals surface area contributed by atoms with E-state index in [2.05, 4.69) is 9.73 Å². The topological polar surface area (TPSA) is 47.9 Å². The summed E-state index contributed by atoms with van der Waals surface area (Å²) in [7, 11) is 1.08. The number of methoxy groups -OCH3 is 1. The number of alkyl halides is 3. The maximum absolute atomic E-state index is 13.9. The fraction of sp³-hybridized carbons (Fsp3) is 0.333. The predicted octanol–water partition coefficient (Wildman–Crippen LogP) is 2.31. The molecule has 1 aliphatic rings. The largest absolute Gasteiger partial charge is 0.467 e. The summed E-state index contributed by atoms with van der Waals surface area (Å²) in [6, 6.07) is 5.94. The van der Waals surface area contributed by atoms with Gasteiger partial charge in [-0.05, 0) is 11.6 Å². The fourth-order valence-electron chi connectivity index (χ4n) is 1.98. The first-order valence-corrected chi connectivity index (χ1v) is 5.71. The molecule has 0 radical (unpaired) electrons. The highest BCUT2D eigenvalue weighted by Gasteiger charge is 2.66. The van der Waals surface area contributed by atoms with Crippen molar-refractivity contribution in [3.05, 3.63) is 35.9 Å². The van der Waals surface area contributed by atoms with Crippen molar-refractivity contribution >= 4 is 24.0 Å². The van der Waals surface area contributed by atoms with Crippen molar-refractivity contribution in [3.63, 3.8) is 0 Å². The van der Waals surface area contributed by atoms with Crippen LogP contribution in [0.3, 0.4) is 0 Å². The number of rotatable bonds is 3. The second kappa shape index (κ2) is 4.77. The molecule has 0 bridgehead atoms. The molecule has 0 N–H and O–H groups in total.